The van der Waals surface area contributed by atoms with E-state index in [0.29, 0.717) is 0 Å². The van der Waals surface area contributed by atoms with Crippen molar-refractivity contribution < 1.29 is 0 Å². The molecule has 0 saturated heterocycles. The maximum absolute atomic E-state index is 2.48. The number of nitrogens with zero attached hydrogens (tertiary/aromatic N) is 4. The Labute approximate surface area is 624 Å². The summed E-state index contributed by atoms with van der Waals surface area (Å²) < 4.78 is 9.78. The van der Waals surface area contributed by atoms with Gasteiger partial charge in [-0.05, 0) is 204 Å². The van der Waals surface area contributed by atoms with Crippen LogP contribution in [-0.2, 0) is 0 Å². The lowest BCUT2D eigenvalue weighted by molar-refractivity contribution is 1.18. The van der Waals surface area contributed by atoms with Gasteiger partial charge >= 0.3 is 0 Å². The molecular weight excluding hydrogens is 1310 g/mol. The van der Waals surface area contributed by atoms with Crippen LogP contribution in [0.15, 0.2) is 400 Å². The normalized spacial score (nSPS) is 11.9. The van der Waals surface area contributed by atoms with Crippen molar-refractivity contribution in [1.82, 2.24) is 18.3 Å². The van der Waals surface area contributed by atoms with Gasteiger partial charge < -0.3 is 18.3 Å². The van der Waals surface area contributed by atoms with E-state index in [2.05, 4.69) is 419 Å². The lowest BCUT2D eigenvalue weighted by Gasteiger charge is -2.16. The topological polar surface area (TPSA) is 19.7 Å². The number of para-hydroxylation sites is 4. The molecule has 22 rings (SSSR count). The highest BCUT2D eigenvalue weighted by atomic mass is 15.0. The fourth-order valence-electron chi connectivity index (χ4n) is 17.8. The van der Waals surface area contributed by atoms with E-state index in [1.54, 1.807) is 0 Å². The van der Waals surface area contributed by atoms with Crippen LogP contribution in [0.4, 0.5) is 0 Å². The minimum atomic E-state index is 1.13. The molecule has 0 aliphatic rings. The van der Waals surface area contributed by atoms with Crippen molar-refractivity contribution in [1.29, 1.82) is 0 Å². The molecule has 0 aliphatic carbocycles. The van der Waals surface area contributed by atoms with Crippen LogP contribution in [0.25, 0.3) is 209 Å². The minimum absolute atomic E-state index is 1.13. The van der Waals surface area contributed by atoms with E-state index in [4.69, 9.17) is 0 Å². The maximum atomic E-state index is 2.48. The number of benzene rings is 18. The highest BCUT2D eigenvalue weighted by molar-refractivity contribution is 6.16. The summed E-state index contributed by atoms with van der Waals surface area (Å²) in [5, 5.41) is 14.7. The van der Waals surface area contributed by atoms with Gasteiger partial charge in [-0.2, -0.15) is 0 Å². The third-order valence-corrected chi connectivity index (χ3v) is 22.8. The molecule has 0 spiro atoms. The second-order valence-electron chi connectivity index (χ2n) is 28.7. The van der Waals surface area contributed by atoms with Gasteiger partial charge in [0.1, 0.15) is 0 Å². The molecule has 0 saturated carbocycles. The molecule has 502 valence electrons. The Balaban J connectivity index is 0.561. The molecule has 4 nitrogen and oxygen atoms in total. The maximum Gasteiger partial charge on any atom is 0.0541 e. The molecule has 4 aromatic heterocycles. The molecule has 0 radical (unpaired) electrons. The van der Waals surface area contributed by atoms with Crippen LogP contribution >= 0.6 is 0 Å². The first-order chi connectivity index (χ1) is 53.6. The Bertz CT molecular complexity index is 7420. The average molecular weight is 1370 g/mol. The Morgan fingerprint density at radius 1 is 0.130 bits per heavy atom. The van der Waals surface area contributed by atoms with Crippen LogP contribution in [0, 0.1) is 0 Å². The molecule has 4 heterocycles. The summed E-state index contributed by atoms with van der Waals surface area (Å²) in [5.74, 6) is 0. The third-order valence-electron chi connectivity index (χ3n) is 22.8. The molecular formula is C104H66N4. The lowest BCUT2D eigenvalue weighted by Crippen LogP contribution is -1.96. The zero-order valence-electron chi connectivity index (χ0n) is 58.9. The monoisotopic (exact) mass is 1370 g/mol. The quantitative estimate of drug-likeness (QED) is 0.123. The predicted octanol–water partition coefficient (Wildman–Crippen LogP) is 28.1. The second kappa shape index (κ2) is 24.7. The van der Waals surface area contributed by atoms with E-state index in [0.717, 1.165) is 17.1 Å². The lowest BCUT2D eigenvalue weighted by atomic mass is 9.94. The van der Waals surface area contributed by atoms with Crippen molar-refractivity contribution in [2.75, 3.05) is 0 Å². The average Bonchev–Trinajstić information content (AvgIpc) is 1.58. The van der Waals surface area contributed by atoms with Crippen LogP contribution in [0.3, 0.4) is 0 Å². The van der Waals surface area contributed by atoms with E-state index in [-0.39, 0.29) is 0 Å². The van der Waals surface area contributed by atoms with Crippen LogP contribution in [0.2, 0.25) is 0 Å². The van der Waals surface area contributed by atoms with Crippen molar-refractivity contribution in [3.8, 4) is 101 Å². The summed E-state index contributed by atoms with van der Waals surface area (Å²) in [6, 6.07) is 148. The van der Waals surface area contributed by atoms with Gasteiger partial charge in [-0.15, -0.1) is 0 Å². The van der Waals surface area contributed by atoms with E-state index in [1.165, 1.54) is 192 Å². The van der Waals surface area contributed by atoms with E-state index in [9.17, 15) is 0 Å². The van der Waals surface area contributed by atoms with Gasteiger partial charge in [0.15, 0.2) is 0 Å². The first-order valence-electron chi connectivity index (χ1n) is 37.3. The molecule has 0 N–H and O–H groups in total. The second-order valence-corrected chi connectivity index (χ2v) is 28.7. The number of hydrogen-bond acceptors (Lipinski definition) is 0. The largest absolute Gasteiger partial charge is 0.309 e. The molecule has 108 heavy (non-hydrogen) atoms. The summed E-state index contributed by atoms with van der Waals surface area (Å²) >= 11 is 0. The van der Waals surface area contributed by atoms with Gasteiger partial charge in [-0.25, -0.2) is 0 Å². The number of hydrogen-bond donors (Lipinski definition) is 0. The first-order valence-corrected chi connectivity index (χ1v) is 37.3. The fourth-order valence-corrected chi connectivity index (χ4v) is 17.8. The number of aromatic nitrogens is 4. The van der Waals surface area contributed by atoms with Gasteiger partial charge in [0.2, 0.25) is 0 Å². The standard InChI is InChI=1S/C104H66N4/c1-2-22-69(23-3-1)81-32-6-7-33-82(81)78-29-20-31-80(62-78)106-97-42-15-11-38-88(97)92-64-74(51-56-102(92)106)76-53-58-104-94(66-76)90-40-13-17-44-99(90)108(104)100-59-54-83(85-35-8-9-36-86(85)100)77-28-18-26-71(60-77)67-46-48-68(49-47-67)72-27-19-30-79(61-72)105-96-41-14-10-37-87(96)91-63-73(50-55-101(91)105)75-52-57-103-93(65-75)89-39-12-16-43-98(89)107(103)95-45-21-25-70-24-4-5-34-84(70)95/h1-66H. The zero-order chi connectivity index (χ0) is 70.9. The van der Waals surface area contributed by atoms with Gasteiger partial charge in [0.05, 0.1) is 55.5 Å². The van der Waals surface area contributed by atoms with Crippen LogP contribution < -0.4 is 0 Å². The van der Waals surface area contributed by atoms with Crippen LogP contribution in [0.1, 0.15) is 0 Å². The molecule has 0 bridgehead atoms. The summed E-state index contributed by atoms with van der Waals surface area (Å²) in [6.45, 7) is 0. The van der Waals surface area contributed by atoms with E-state index < -0.39 is 0 Å². The smallest absolute Gasteiger partial charge is 0.0541 e. The molecule has 18 aromatic carbocycles. The molecule has 0 amide bonds. The van der Waals surface area contributed by atoms with Crippen molar-refractivity contribution >= 4 is 109 Å². The minimum Gasteiger partial charge on any atom is -0.309 e. The molecule has 0 unspecified atom stereocenters. The third kappa shape index (κ3) is 9.78. The van der Waals surface area contributed by atoms with Gasteiger partial charge in [-0.3, -0.25) is 0 Å². The molecule has 22 aromatic rings. The predicted molar refractivity (Wildman–Crippen MR) is 457 cm³/mol. The van der Waals surface area contributed by atoms with E-state index >= 15 is 0 Å². The van der Waals surface area contributed by atoms with Crippen molar-refractivity contribution in [3.05, 3.63) is 400 Å². The molecule has 0 fully saturated rings. The van der Waals surface area contributed by atoms with E-state index in [1.807, 2.05) is 0 Å². The zero-order valence-corrected chi connectivity index (χ0v) is 58.9. The van der Waals surface area contributed by atoms with Crippen molar-refractivity contribution in [3.63, 3.8) is 0 Å². The number of fused-ring (bicyclic) bond motifs is 14. The number of rotatable bonds is 11. The highest BCUT2D eigenvalue weighted by Gasteiger charge is 2.22. The Morgan fingerprint density at radius 3 is 0.963 bits per heavy atom. The SMILES string of the molecule is c1ccc(-c2ccccc2-c2cccc(-n3c4ccccc4c4cc(-c5ccc6c(c5)c5ccccc5n6-c5ccc(-c6cccc(-c7ccc(-c8cccc(-n9c%10ccccc%10c%10cc(-c%11ccc%12c(c%11)c%11ccccc%11n%12-c%11cccc%12ccccc%11%12)ccc%109)c8)cc7)c6)c6ccccc56)ccc43)c2)cc1. The van der Waals surface area contributed by atoms with Gasteiger partial charge in [0, 0.05) is 65.2 Å². The van der Waals surface area contributed by atoms with Gasteiger partial charge in [-0.1, -0.05) is 285 Å². The highest BCUT2D eigenvalue weighted by Crippen LogP contribution is 2.45. The Morgan fingerprint density at radius 2 is 0.444 bits per heavy atom. The van der Waals surface area contributed by atoms with Crippen LogP contribution in [0.5, 0.6) is 0 Å². The summed E-state index contributed by atoms with van der Waals surface area (Å²) in [4.78, 5) is 0. The van der Waals surface area contributed by atoms with Crippen molar-refractivity contribution in [2.45, 2.75) is 0 Å². The van der Waals surface area contributed by atoms with Crippen LogP contribution in [-0.4, -0.2) is 18.3 Å². The molecule has 0 aliphatic heterocycles. The fraction of sp³-hybridized carbons (Fsp3) is 0. The summed E-state index contributed by atoms with van der Waals surface area (Å²) in [5.41, 5.74) is 30.7. The molecule has 0 atom stereocenters. The summed E-state index contributed by atoms with van der Waals surface area (Å²) in [7, 11) is 0. The molecule has 4 heteroatoms. The Kier molecular flexibility index (Phi) is 14.0. The van der Waals surface area contributed by atoms with Gasteiger partial charge in [0.25, 0.3) is 0 Å². The Hall–Kier alpha value is -14.3. The first kappa shape index (κ1) is 61.2. The van der Waals surface area contributed by atoms with Crippen molar-refractivity contribution in [2.24, 2.45) is 0 Å². The summed E-state index contributed by atoms with van der Waals surface area (Å²) in [6.07, 6.45) is 0.